The first-order chi connectivity index (χ1) is 18.7. The predicted octanol–water partition coefficient (Wildman–Crippen LogP) is 6.76. The minimum absolute atomic E-state index is 0.0823. The fourth-order valence-corrected chi connectivity index (χ4v) is 5.32. The maximum Gasteiger partial charge on any atom is 0.268 e. The highest BCUT2D eigenvalue weighted by Crippen LogP contribution is 2.40. The maximum atomic E-state index is 13.3. The number of amides is 1. The van der Waals surface area contributed by atoms with E-state index >= 15 is 0 Å². The zero-order valence-electron chi connectivity index (χ0n) is 24.6. The van der Waals surface area contributed by atoms with Crippen molar-refractivity contribution in [3.8, 4) is 17.6 Å². The van der Waals surface area contributed by atoms with Gasteiger partial charge in [0, 0.05) is 29.8 Å². The molecule has 0 saturated heterocycles. The number of carbonyl (C=O) groups is 1. The highest BCUT2D eigenvalue weighted by Gasteiger charge is 2.35. The monoisotopic (exact) mass is 528 g/mol. The number of methoxy groups -OCH3 is 1. The number of benzene rings is 2. The normalized spacial score (nSPS) is 11.6. The van der Waals surface area contributed by atoms with Crippen LogP contribution in [0, 0.1) is 18.8 Å². The summed E-state index contributed by atoms with van der Waals surface area (Å²) in [5, 5.41) is 13.7. The number of aryl methyl sites for hydroxylation is 1. The summed E-state index contributed by atoms with van der Waals surface area (Å²) in [5.74, 6) is 7.02. The van der Waals surface area contributed by atoms with E-state index < -0.39 is 5.60 Å². The summed E-state index contributed by atoms with van der Waals surface area (Å²) < 4.78 is 7.38. The first-order valence-corrected chi connectivity index (χ1v) is 14.2. The lowest BCUT2D eigenvalue weighted by Gasteiger charge is -2.34. The number of hydrogen-bond donors (Lipinski definition) is 2. The molecule has 0 bridgehead atoms. The average Bonchev–Trinajstić information content (AvgIpc) is 3.41. The molecule has 0 unspecified atom stereocenters. The summed E-state index contributed by atoms with van der Waals surface area (Å²) in [6, 6.07) is 18.3. The third kappa shape index (κ3) is 6.40. The number of ether oxygens (including phenoxy) is 1. The summed E-state index contributed by atoms with van der Waals surface area (Å²) in [5.41, 5.74) is 4.89. The van der Waals surface area contributed by atoms with Gasteiger partial charge in [-0.1, -0.05) is 63.8 Å². The van der Waals surface area contributed by atoms with Crippen LogP contribution in [-0.2, 0) is 18.5 Å². The molecule has 0 radical (unpaired) electrons. The molecule has 2 N–H and O–H groups in total. The van der Waals surface area contributed by atoms with Crippen LogP contribution < -0.4 is 10.1 Å². The molecule has 3 rings (SSSR count). The molecule has 1 heterocycles. The fourth-order valence-electron chi connectivity index (χ4n) is 5.32. The first-order valence-electron chi connectivity index (χ1n) is 14.2. The van der Waals surface area contributed by atoms with Crippen molar-refractivity contribution in [2.24, 2.45) is 0 Å². The second-order valence-corrected chi connectivity index (χ2v) is 10.2. The van der Waals surface area contributed by atoms with Gasteiger partial charge in [-0.25, -0.2) is 0 Å². The molecule has 0 aliphatic rings. The number of hydrogen-bond acceptors (Lipinski definition) is 3. The molecule has 1 aromatic heterocycles. The van der Waals surface area contributed by atoms with E-state index in [0.717, 1.165) is 41.0 Å². The number of aromatic nitrogens is 1. The highest BCUT2D eigenvalue weighted by molar-refractivity contribution is 5.93. The lowest BCUT2D eigenvalue weighted by atomic mass is 9.72. The Hall–Kier alpha value is -3.49. The zero-order chi connectivity index (χ0) is 28.6. The van der Waals surface area contributed by atoms with Gasteiger partial charge in [-0.15, -0.1) is 0 Å². The van der Waals surface area contributed by atoms with E-state index in [2.05, 4.69) is 73.7 Å². The number of aliphatic hydroxyl groups is 1. The van der Waals surface area contributed by atoms with E-state index in [1.807, 2.05) is 44.2 Å². The Bertz CT molecular complexity index is 1320. The predicted molar refractivity (Wildman–Crippen MR) is 159 cm³/mol. The minimum atomic E-state index is -0.950. The van der Waals surface area contributed by atoms with Crippen molar-refractivity contribution < 1.29 is 14.6 Å². The van der Waals surface area contributed by atoms with Gasteiger partial charge in [-0.2, -0.15) is 0 Å². The lowest BCUT2D eigenvalue weighted by molar-refractivity contribution is 0.0928. The van der Waals surface area contributed by atoms with Gasteiger partial charge in [-0.3, -0.25) is 4.79 Å². The van der Waals surface area contributed by atoms with Gasteiger partial charge in [0.15, 0.2) is 0 Å². The molecule has 208 valence electrons. The van der Waals surface area contributed by atoms with Crippen LogP contribution in [0.3, 0.4) is 0 Å². The Balaban J connectivity index is 1.93. The Morgan fingerprint density at radius 1 is 0.949 bits per heavy atom. The van der Waals surface area contributed by atoms with Crippen LogP contribution in [0.15, 0.2) is 54.6 Å². The van der Waals surface area contributed by atoms with E-state index in [-0.39, 0.29) is 11.3 Å². The molecule has 1 amide bonds. The van der Waals surface area contributed by atoms with Gasteiger partial charge in [0.25, 0.3) is 5.91 Å². The van der Waals surface area contributed by atoms with Crippen LogP contribution in [0.2, 0.25) is 0 Å². The van der Waals surface area contributed by atoms with E-state index in [1.165, 1.54) is 5.56 Å². The van der Waals surface area contributed by atoms with Crippen LogP contribution in [0.1, 0.15) is 98.7 Å². The number of rotatable bonds is 11. The molecular weight excluding hydrogens is 484 g/mol. The van der Waals surface area contributed by atoms with Gasteiger partial charge in [0.2, 0.25) is 0 Å². The second kappa shape index (κ2) is 13.0. The third-order valence-corrected chi connectivity index (χ3v) is 8.22. The molecular formula is C34H44N2O3. The Morgan fingerprint density at radius 3 is 2.15 bits per heavy atom. The summed E-state index contributed by atoms with van der Waals surface area (Å²) in [4.78, 5) is 13.3. The van der Waals surface area contributed by atoms with Gasteiger partial charge in [0.05, 0.1) is 7.11 Å². The quantitative estimate of drug-likeness (QED) is 0.270. The molecule has 0 aliphatic heterocycles. The Labute approximate surface area is 234 Å². The zero-order valence-corrected chi connectivity index (χ0v) is 24.6. The molecule has 5 nitrogen and oxygen atoms in total. The maximum absolute atomic E-state index is 13.3. The van der Waals surface area contributed by atoms with Crippen molar-refractivity contribution in [1.82, 2.24) is 9.88 Å². The topological polar surface area (TPSA) is 63.5 Å². The van der Waals surface area contributed by atoms with Crippen LogP contribution in [0.4, 0.5) is 0 Å². The number of carbonyl (C=O) groups excluding carboxylic acids is 1. The van der Waals surface area contributed by atoms with Gasteiger partial charge in [-0.05, 0) is 86.6 Å². The fraction of sp³-hybridized carbons (Fsp3) is 0.441. The largest absolute Gasteiger partial charge is 0.497 e. The molecule has 5 heteroatoms. The summed E-state index contributed by atoms with van der Waals surface area (Å²) >= 11 is 0. The van der Waals surface area contributed by atoms with E-state index in [4.69, 9.17) is 4.74 Å². The Morgan fingerprint density at radius 2 is 1.62 bits per heavy atom. The molecule has 0 saturated carbocycles. The minimum Gasteiger partial charge on any atom is -0.497 e. The molecule has 0 atom stereocenters. The molecule has 0 spiro atoms. The van der Waals surface area contributed by atoms with Gasteiger partial charge in [0.1, 0.15) is 17.0 Å². The lowest BCUT2D eigenvalue weighted by Crippen LogP contribution is -2.32. The SMILES string of the molecule is CCn1c(C(=O)NCc2ccc(OC)cc2)ccc1C(CC)(CC)c1ccc(C#CC(O)(CC)CC)c(C)c1. The van der Waals surface area contributed by atoms with Crippen molar-refractivity contribution in [3.05, 3.63) is 88.2 Å². The van der Waals surface area contributed by atoms with Crippen LogP contribution in [-0.4, -0.2) is 28.3 Å². The number of nitrogens with zero attached hydrogens (tertiary/aromatic N) is 1. The first kappa shape index (κ1) is 30.1. The summed E-state index contributed by atoms with van der Waals surface area (Å²) in [7, 11) is 1.64. The highest BCUT2D eigenvalue weighted by atomic mass is 16.5. The average molecular weight is 529 g/mol. The number of nitrogens with one attached hydrogen (secondary N) is 1. The molecule has 39 heavy (non-hydrogen) atoms. The molecule has 2 aromatic carbocycles. The van der Waals surface area contributed by atoms with E-state index in [1.54, 1.807) is 7.11 Å². The molecule has 0 fully saturated rings. The van der Waals surface area contributed by atoms with Gasteiger partial charge < -0.3 is 19.7 Å². The smallest absolute Gasteiger partial charge is 0.268 e. The molecule has 0 aliphatic carbocycles. The molecule has 3 aromatic rings. The second-order valence-electron chi connectivity index (χ2n) is 10.2. The van der Waals surface area contributed by atoms with Gasteiger partial charge >= 0.3 is 0 Å². The van der Waals surface area contributed by atoms with E-state index in [0.29, 0.717) is 31.6 Å². The third-order valence-electron chi connectivity index (χ3n) is 8.22. The Kier molecular flexibility index (Phi) is 10.1. The van der Waals surface area contributed by atoms with Crippen LogP contribution in [0.5, 0.6) is 5.75 Å². The van der Waals surface area contributed by atoms with Crippen molar-refractivity contribution in [1.29, 1.82) is 0 Å². The van der Waals surface area contributed by atoms with Crippen molar-refractivity contribution >= 4 is 5.91 Å². The summed E-state index contributed by atoms with van der Waals surface area (Å²) in [6.07, 6.45) is 3.01. The standard InChI is InChI=1S/C34H44N2O3/c1-8-33(38,9-2)22-21-27-15-16-28(23-25(27)6)34(10-3,11-4)31-20-19-30(36(31)12-5)32(37)35-24-26-13-17-29(39-7)18-14-26/h13-20,23,38H,8-12,24H2,1-7H3,(H,35,37). The van der Waals surface area contributed by atoms with Crippen LogP contribution in [0.25, 0.3) is 0 Å². The van der Waals surface area contributed by atoms with E-state index in [9.17, 15) is 9.90 Å². The van der Waals surface area contributed by atoms with Crippen LogP contribution >= 0.6 is 0 Å². The van der Waals surface area contributed by atoms with Crippen molar-refractivity contribution in [3.63, 3.8) is 0 Å². The van der Waals surface area contributed by atoms with Crippen molar-refractivity contribution in [2.75, 3.05) is 7.11 Å². The van der Waals surface area contributed by atoms with Crippen molar-refractivity contribution in [2.45, 2.75) is 91.3 Å². The summed E-state index contributed by atoms with van der Waals surface area (Å²) in [6.45, 7) is 13.7.